The number of aromatic nitrogens is 2. The molecule has 0 fully saturated rings. The molecule has 3 aromatic rings. The van der Waals surface area contributed by atoms with Gasteiger partial charge in [-0.15, -0.1) is 0 Å². The Labute approximate surface area is 187 Å². The Bertz CT molecular complexity index is 1330. The highest BCUT2D eigenvalue weighted by Gasteiger charge is 2.41. The van der Waals surface area contributed by atoms with Crippen LogP contribution < -0.4 is 30.4 Å². The highest BCUT2D eigenvalue weighted by Crippen LogP contribution is 2.48. The molecule has 0 aliphatic carbocycles. The van der Waals surface area contributed by atoms with Gasteiger partial charge in [0.1, 0.15) is 5.56 Å². The number of benzene rings is 2. The summed E-state index contributed by atoms with van der Waals surface area (Å²) >= 11 is 5.97. The molecule has 0 amide bonds. The first-order valence-corrected chi connectivity index (χ1v) is 10.4. The number of aromatic hydroxyl groups is 1. The monoisotopic (exact) mass is 458 g/mol. The molecule has 0 saturated carbocycles. The summed E-state index contributed by atoms with van der Waals surface area (Å²) in [6.45, 7) is 0.772. The zero-order chi connectivity index (χ0) is 22.6. The highest BCUT2D eigenvalue weighted by atomic mass is 35.5. The molecule has 1 unspecified atom stereocenters. The van der Waals surface area contributed by atoms with Crippen LogP contribution in [0.15, 0.2) is 39.9 Å². The van der Waals surface area contributed by atoms with E-state index in [1.54, 1.807) is 24.3 Å². The largest absolute Gasteiger partial charge is 0.494 e. The number of halogens is 1. The zero-order valence-corrected chi connectivity index (χ0v) is 18.2. The summed E-state index contributed by atoms with van der Waals surface area (Å²) in [6.07, 6.45) is 0.722. The van der Waals surface area contributed by atoms with Gasteiger partial charge < -0.3 is 24.2 Å². The minimum absolute atomic E-state index is 0.0650. The van der Waals surface area contributed by atoms with E-state index in [1.807, 2.05) is 13.1 Å². The maximum Gasteiger partial charge on any atom is 0.335 e. The number of hydrogen-bond acceptors (Lipinski definition) is 6. The predicted molar refractivity (Wildman–Crippen MR) is 116 cm³/mol. The minimum Gasteiger partial charge on any atom is -0.494 e. The number of ether oxygens (including phenoxy) is 3. The van der Waals surface area contributed by atoms with Crippen LogP contribution in [0.3, 0.4) is 0 Å². The molecule has 32 heavy (non-hydrogen) atoms. The van der Waals surface area contributed by atoms with Crippen molar-refractivity contribution in [3.05, 3.63) is 72.9 Å². The highest BCUT2D eigenvalue weighted by molar-refractivity contribution is 6.30. The fourth-order valence-corrected chi connectivity index (χ4v) is 4.67. The number of hydrogen-bond donors (Lipinski definition) is 3. The van der Waals surface area contributed by atoms with Crippen molar-refractivity contribution in [3.63, 3.8) is 0 Å². The van der Waals surface area contributed by atoms with Gasteiger partial charge in [-0.3, -0.25) is 9.78 Å². The summed E-state index contributed by atoms with van der Waals surface area (Å²) in [4.78, 5) is 29.0. The Balaban J connectivity index is 1.78. The second-order valence-corrected chi connectivity index (χ2v) is 8.24. The average molecular weight is 459 g/mol. The summed E-state index contributed by atoms with van der Waals surface area (Å²) in [7, 11) is 3.45. The Morgan fingerprint density at radius 3 is 2.69 bits per heavy atom. The van der Waals surface area contributed by atoms with Gasteiger partial charge in [0.05, 0.1) is 32.0 Å². The van der Waals surface area contributed by atoms with Crippen LogP contribution in [0.2, 0.25) is 5.02 Å². The molecule has 10 heteroatoms. The molecule has 2 atom stereocenters. The van der Waals surface area contributed by atoms with E-state index < -0.39 is 23.2 Å². The second kappa shape index (κ2) is 7.61. The van der Waals surface area contributed by atoms with E-state index in [4.69, 9.17) is 25.8 Å². The number of H-pyrrole nitrogens is 1. The van der Waals surface area contributed by atoms with E-state index in [0.717, 1.165) is 27.0 Å². The topological polar surface area (TPSA) is 107 Å². The molecular formula is C22H21ClN3O6+. The maximum absolute atomic E-state index is 13.0. The van der Waals surface area contributed by atoms with Gasteiger partial charge in [-0.2, -0.15) is 0 Å². The Morgan fingerprint density at radius 1 is 1.22 bits per heavy atom. The fourth-order valence-electron chi connectivity index (χ4n) is 4.55. The molecule has 0 bridgehead atoms. The second-order valence-electron chi connectivity index (χ2n) is 7.80. The van der Waals surface area contributed by atoms with Gasteiger partial charge >= 0.3 is 5.69 Å². The normalized spacial score (nSPS) is 19.0. The van der Waals surface area contributed by atoms with Gasteiger partial charge in [0.15, 0.2) is 17.5 Å². The molecular weight excluding hydrogens is 438 g/mol. The van der Waals surface area contributed by atoms with Crippen molar-refractivity contribution < 1.29 is 24.2 Å². The van der Waals surface area contributed by atoms with Crippen LogP contribution in [0.25, 0.3) is 5.69 Å². The van der Waals surface area contributed by atoms with E-state index in [0.29, 0.717) is 34.5 Å². The van der Waals surface area contributed by atoms with Crippen LogP contribution in [0.1, 0.15) is 22.7 Å². The first kappa shape index (κ1) is 20.5. The SMILES string of the molecule is COc1c2c(cc3c1[C@H](c1c(O)n(-c4ccc(Cl)cc4)c(=O)[nH]c1=O)[NH+](C)CC3)OCO2. The summed E-state index contributed by atoms with van der Waals surface area (Å²) in [5.41, 5.74) is 0.697. The van der Waals surface area contributed by atoms with Crippen molar-refractivity contribution in [2.45, 2.75) is 12.5 Å². The number of nitrogens with zero attached hydrogens (tertiary/aromatic N) is 1. The minimum atomic E-state index is -0.745. The first-order chi connectivity index (χ1) is 15.4. The number of fused-ring (bicyclic) bond motifs is 2. The Morgan fingerprint density at radius 2 is 1.97 bits per heavy atom. The number of likely N-dealkylation sites (N-methyl/N-ethyl adjacent to an activating group) is 1. The van der Waals surface area contributed by atoms with Gasteiger partial charge in [-0.1, -0.05) is 11.6 Å². The summed E-state index contributed by atoms with van der Waals surface area (Å²) in [6, 6.07) is 7.67. The van der Waals surface area contributed by atoms with Gasteiger partial charge in [0.25, 0.3) is 5.56 Å². The van der Waals surface area contributed by atoms with Gasteiger partial charge in [0.2, 0.25) is 18.4 Å². The molecule has 3 heterocycles. The molecule has 0 radical (unpaired) electrons. The lowest BCUT2D eigenvalue weighted by atomic mass is 9.87. The molecule has 5 rings (SSSR count). The van der Waals surface area contributed by atoms with Crippen LogP contribution >= 0.6 is 11.6 Å². The number of rotatable bonds is 3. The Hall–Kier alpha value is -3.43. The molecule has 1 aromatic heterocycles. The van der Waals surface area contributed by atoms with Crippen LogP contribution in [0, 0.1) is 0 Å². The number of nitrogens with one attached hydrogen (secondary N) is 2. The number of methoxy groups -OCH3 is 1. The van der Waals surface area contributed by atoms with Crippen LogP contribution in [-0.2, 0) is 6.42 Å². The molecule has 2 aromatic carbocycles. The number of aromatic amines is 1. The maximum atomic E-state index is 13.0. The van der Waals surface area contributed by atoms with Crippen LogP contribution in [0.4, 0.5) is 0 Å². The van der Waals surface area contributed by atoms with Gasteiger partial charge in [0, 0.05) is 11.4 Å². The smallest absolute Gasteiger partial charge is 0.335 e. The van der Waals surface area contributed by atoms with Crippen molar-refractivity contribution >= 4 is 11.6 Å². The molecule has 0 spiro atoms. The third kappa shape index (κ3) is 3.04. The summed E-state index contributed by atoms with van der Waals surface area (Å²) < 4.78 is 17.9. The average Bonchev–Trinajstić information content (AvgIpc) is 3.23. The molecule has 2 aliphatic heterocycles. The lowest BCUT2D eigenvalue weighted by Crippen LogP contribution is -3.10. The number of quaternary nitrogens is 1. The van der Waals surface area contributed by atoms with Crippen molar-refractivity contribution in [3.8, 4) is 28.8 Å². The van der Waals surface area contributed by atoms with Crippen molar-refractivity contribution in [2.75, 3.05) is 27.5 Å². The molecule has 3 N–H and O–H groups in total. The predicted octanol–water partition coefficient (Wildman–Crippen LogP) is 0.782. The van der Waals surface area contributed by atoms with Crippen molar-refractivity contribution in [1.82, 2.24) is 9.55 Å². The van der Waals surface area contributed by atoms with E-state index in [2.05, 4.69) is 4.98 Å². The van der Waals surface area contributed by atoms with E-state index in [1.165, 1.54) is 7.11 Å². The zero-order valence-electron chi connectivity index (χ0n) is 17.4. The van der Waals surface area contributed by atoms with E-state index in [-0.39, 0.29) is 12.4 Å². The molecule has 166 valence electrons. The van der Waals surface area contributed by atoms with Crippen LogP contribution in [0.5, 0.6) is 23.1 Å². The summed E-state index contributed by atoms with van der Waals surface area (Å²) in [5.74, 6) is 1.08. The first-order valence-electron chi connectivity index (χ1n) is 10.1. The van der Waals surface area contributed by atoms with Crippen molar-refractivity contribution in [1.29, 1.82) is 0 Å². The van der Waals surface area contributed by atoms with E-state index >= 15 is 0 Å². The van der Waals surface area contributed by atoms with E-state index in [9.17, 15) is 14.7 Å². The standard InChI is InChI=1S/C22H20ClN3O6/c1-25-8-7-11-9-14-18(32-10-31-14)19(30-2)15(11)17(25)16-20(27)24-22(29)26(21(16)28)13-5-3-12(23)4-6-13/h3-6,9,17,28H,7-8,10H2,1-2H3,(H,24,27,29)/p+1/t17-/m1/s1. The quantitative estimate of drug-likeness (QED) is 0.535. The Kier molecular flexibility index (Phi) is 4.87. The van der Waals surface area contributed by atoms with Crippen LogP contribution in [-0.4, -0.2) is 42.2 Å². The third-order valence-corrected chi connectivity index (χ3v) is 6.26. The third-order valence-electron chi connectivity index (χ3n) is 6.01. The summed E-state index contributed by atoms with van der Waals surface area (Å²) in [5, 5.41) is 11.7. The van der Waals surface area contributed by atoms with Gasteiger partial charge in [-0.05, 0) is 35.9 Å². The van der Waals surface area contributed by atoms with Gasteiger partial charge in [-0.25, -0.2) is 9.36 Å². The fraction of sp³-hybridized carbons (Fsp3) is 0.273. The molecule has 2 aliphatic rings. The van der Waals surface area contributed by atoms with Crippen molar-refractivity contribution in [2.24, 2.45) is 0 Å². The lowest BCUT2D eigenvalue weighted by Gasteiger charge is -2.33. The lowest BCUT2D eigenvalue weighted by molar-refractivity contribution is -0.908. The molecule has 0 saturated heterocycles. The molecule has 9 nitrogen and oxygen atoms in total.